The maximum atomic E-state index is 13.7. The molecule has 6 nitrogen and oxygen atoms in total. The molecule has 3 aromatic carbocycles. The lowest BCUT2D eigenvalue weighted by Crippen LogP contribution is -2.41. The Labute approximate surface area is 221 Å². The van der Waals surface area contributed by atoms with E-state index in [0.29, 0.717) is 12.3 Å². The Morgan fingerprint density at radius 2 is 1.57 bits per heavy atom. The molecule has 0 radical (unpaired) electrons. The van der Waals surface area contributed by atoms with E-state index in [2.05, 4.69) is 33.9 Å². The van der Waals surface area contributed by atoms with E-state index in [1.807, 2.05) is 78.9 Å². The minimum absolute atomic E-state index is 0.0173. The zero-order valence-electron chi connectivity index (χ0n) is 22.5. The summed E-state index contributed by atoms with van der Waals surface area (Å²) in [6.45, 7) is 11.5. The van der Waals surface area contributed by atoms with Crippen LogP contribution >= 0.6 is 0 Å². The smallest absolute Gasteiger partial charge is 0.277 e. The highest BCUT2D eigenvalue weighted by atomic mass is 28.4. The van der Waals surface area contributed by atoms with Crippen molar-refractivity contribution in [1.29, 1.82) is 0 Å². The molecule has 0 N–H and O–H groups in total. The van der Waals surface area contributed by atoms with Gasteiger partial charge in [-0.05, 0) is 47.5 Å². The van der Waals surface area contributed by atoms with Crippen LogP contribution in [0, 0.1) is 0 Å². The number of nitrogens with zero attached hydrogens (tertiary/aromatic N) is 2. The van der Waals surface area contributed by atoms with E-state index >= 15 is 0 Å². The largest absolute Gasteiger partial charge is 0.497 e. The lowest BCUT2D eigenvalue weighted by molar-refractivity contribution is -0.224. The van der Waals surface area contributed by atoms with Gasteiger partial charge in [0, 0.05) is 5.56 Å². The lowest BCUT2D eigenvalue weighted by atomic mass is 10.1. The molecule has 1 heterocycles. The first-order valence-electron chi connectivity index (χ1n) is 12.6. The van der Waals surface area contributed by atoms with E-state index in [1.54, 1.807) is 12.0 Å². The predicted molar refractivity (Wildman–Crippen MR) is 151 cm³/mol. The Morgan fingerprint density at radius 1 is 0.919 bits per heavy atom. The van der Waals surface area contributed by atoms with Crippen LogP contribution in [0.25, 0.3) is 0 Å². The molecule has 0 aliphatic carbocycles. The van der Waals surface area contributed by atoms with Crippen LogP contribution in [0.4, 0.5) is 5.69 Å². The van der Waals surface area contributed by atoms with Crippen LogP contribution in [-0.4, -0.2) is 33.7 Å². The predicted octanol–water partition coefficient (Wildman–Crippen LogP) is 6.73. The number of aliphatic imine (C=N–C) groups is 1. The maximum absolute atomic E-state index is 13.7. The first-order valence-corrected chi connectivity index (χ1v) is 15.5. The maximum Gasteiger partial charge on any atom is 0.277 e. The molecule has 4 rings (SSSR count). The monoisotopic (exact) mass is 516 g/mol. The Bertz CT molecular complexity index is 1250. The number of carbonyl (C=O) groups excluding carboxylic acids is 1. The van der Waals surface area contributed by atoms with Crippen LogP contribution in [0.5, 0.6) is 5.75 Å². The highest BCUT2D eigenvalue weighted by Crippen LogP contribution is 2.37. The molecule has 0 fully saturated rings. The van der Waals surface area contributed by atoms with Gasteiger partial charge in [-0.15, -0.1) is 0 Å². The van der Waals surface area contributed by atoms with Gasteiger partial charge in [0.25, 0.3) is 5.91 Å². The van der Waals surface area contributed by atoms with E-state index in [1.165, 1.54) is 0 Å². The molecule has 0 bridgehead atoms. The second kappa shape index (κ2) is 11.0. The minimum atomic E-state index is -2.10. The highest BCUT2D eigenvalue weighted by molar-refractivity contribution is 6.73. The average Bonchev–Trinajstić information content (AvgIpc) is 3.14. The van der Waals surface area contributed by atoms with Gasteiger partial charge in [-0.3, -0.25) is 14.4 Å². The number of hydrogen-bond donors (Lipinski definition) is 0. The standard InChI is InChI=1S/C30H36N2O4Si/c1-30(2,3)37(5,6)36-35-21-26(23-12-8-7-9-13-23)31-28-25-14-10-11-15-27(25)32(29(28)33)20-22-16-18-24(34-4)19-17-22/h7-19,26H,20-21H2,1-6H3/t26-/m0/s1. The summed E-state index contributed by atoms with van der Waals surface area (Å²) < 4.78 is 11.3. The average molecular weight is 517 g/mol. The number of ether oxygens (including phenoxy) is 1. The van der Waals surface area contributed by atoms with Gasteiger partial charge < -0.3 is 9.64 Å². The zero-order valence-corrected chi connectivity index (χ0v) is 23.5. The molecule has 1 amide bonds. The van der Waals surface area contributed by atoms with Crippen molar-refractivity contribution in [3.05, 3.63) is 95.6 Å². The van der Waals surface area contributed by atoms with Crippen molar-refractivity contribution in [2.45, 2.75) is 51.5 Å². The molecule has 1 aliphatic rings. The van der Waals surface area contributed by atoms with Crippen molar-refractivity contribution in [3.63, 3.8) is 0 Å². The quantitative estimate of drug-likeness (QED) is 0.180. The highest BCUT2D eigenvalue weighted by Gasteiger charge is 2.39. The van der Waals surface area contributed by atoms with Crippen LogP contribution in [0.15, 0.2) is 83.9 Å². The number of fused-ring (bicyclic) bond motifs is 1. The summed E-state index contributed by atoms with van der Waals surface area (Å²) in [4.78, 5) is 26.3. The van der Waals surface area contributed by atoms with Crippen LogP contribution in [-0.2, 0) is 20.8 Å². The summed E-state index contributed by atoms with van der Waals surface area (Å²) in [6.07, 6.45) is 0. The van der Waals surface area contributed by atoms with Gasteiger partial charge in [0.05, 0.1) is 19.3 Å². The number of hydrogen-bond acceptors (Lipinski definition) is 5. The molecule has 1 atom stereocenters. The van der Waals surface area contributed by atoms with Crippen molar-refractivity contribution in [1.82, 2.24) is 0 Å². The first-order chi connectivity index (χ1) is 17.6. The van der Waals surface area contributed by atoms with Crippen LogP contribution in [0.3, 0.4) is 0 Å². The SMILES string of the molecule is COc1ccc(CN2C(=O)C(=N[C@@H](COO[Si](C)(C)C(C)(C)C)c3ccccc3)c3ccccc32)cc1. The van der Waals surface area contributed by atoms with E-state index in [0.717, 1.165) is 28.1 Å². The third-order valence-electron chi connectivity index (χ3n) is 7.17. The van der Waals surface area contributed by atoms with Crippen molar-refractivity contribution >= 4 is 25.6 Å². The molecule has 0 spiro atoms. The van der Waals surface area contributed by atoms with Gasteiger partial charge in [0.1, 0.15) is 24.1 Å². The summed E-state index contributed by atoms with van der Waals surface area (Å²) >= 11 is 0. The second-order valence-electron chi connectivity index (χ2n) is 10.8. The van der Waals surface area contributed by atoms with Crippen molar-refractivity contribution in [3.8, 4) is 5.75 Å². The molecule has 0 saturated heterocycles. The zero-order chi connectivity index (χ0) is 26.6. The van der Waals surface area contributed by atoms with Crippen molar-refractivity contribution in [2.24, 2.45) is 4.99 Å². The van der Waals surface area contributed by atoms with E-state index in [4.69, 9.17) is 19.2 Å². The Balaban J connectivity index is 1.63. The van der Waals surface area contributed by atoms with Gasteiger partial charge in [-0.1, -0.05) is 81.4 Å². The molecule has 1 aliphatic heterocycles. The molecule has 194 valence electrons. The minimum Gasteiger partial charge on any atom is -0.497 e. The fraction of sp³-hybridized carbons (Fsp3) is 0.333. The van der Waals surface area contributed by atoms with Crippen molar-refractivity contribution in [2.75, 3.05) is 18.6 Å². The number of benzene rings is 3. The topological polar surface area (TPSA) is 60.4 Å². The summed E-state index contributed by atoms with van der Waals surface area (Å²) in [5.41, 5.74) is 4.09. The third-order valence-corrected chi connectivity index (χ3v) is 11.3. The molecule has 0 unspecified atom stereocenters. The van der Waals surface area contributed by atoms with Crippen LogP contribution < -0.4 is 9.64 Å². The summed E-state index contributed by atoms with van der Waals surface area (Å²) in [7, 11) is -0.463. The molecule has 37 heavy (non-hydrogen) atoms. The summed E-state index contributed by atoms with van der Waals surface area (Å²) in [5, 5.41) is 0.0173. The summed E-state index contributed by atoms with van der Waals surface area (Å²) in [6, 6.07) is 25.1. The van der Waals surface area contributed by atoms with Gasteiger partial charge in [-0.2, -0.15) is 0 Å². The van der Waals surface area contributed by atoms with Gasteiger partial charge in [0.15, 0.2) is 0 Å². The lowest BCUT2D eigenvalue weighted by Gasteiger charge is -2.34. The fourth-order valence-electron chi connectivity index (χ4n) is 3.87. The Hall–Kier alpha value is -3.26. The van der Waals surface area contributed by atoms with Crippen LogP contribution in [0.1, 0.15) is 43.5 Å². The first kappa shape index (κ1) is 26.8. The number of anilines is 1. The van der Waals surface area contributed by atoms with E-state index in [9.17, 15) is 4.79 Å². The summed E-state index contributed by atoms with van der Waals surface area (Å²) in [5.74, 6) is 0.660. The number of para-hydroxylation sites is 1. The molecular formula is C30H36N2O4Si. The molecule has 0 saturated carbocycles. The normalized spacial score (nSPS) is 15.7. The second-order valence-corrected chi connectivity index (χ2v) is 15.5. The third kappa shape index (κ3) is 6.01. The van der Waals surface area contributed by atoms with Gasteiger partial charge in [0.2, 0.25) is 8.32 Å². The number of carbonyl (C=O) groups is 1. The van der Waals surface area contributed by atoms with E-state index < -0.39 is 8.32 Å². The number of amides is 1. The fourth-order valence-corrected chi connectivity index (χ4v) is 4.48. The Kier molecular flexibility index (Phi) is 7.97. The Morgan fingerprint density at radius 3 is 2.22 bits per heavy atom. The van der Waals surface area contributed by atoms with Crippen molar-refractivity contribution < 1.29 is 19.0 Å². The van der Waals surface area contributed by atoms with Gasteiger partial charge >= 0.3 is 0 Å². The molecule has 3 aromatic rings. The van der Waals surface area contributed by atoms with Crippen LogP contribution in [0.2, 0.25) is 18.1 Å². The number of methoxy groups -OCH3 is 1. The molecular weight excluding hydrogens is 480 g/mol. The molecule has 7 heteroatoms. The number of rotatable bonds is 9. The molecule has 0 aromatic heterocycles. The van der Waals surface area contributed by atoms with E-state index in [-0.39, 0.29) is 23.6 Å². The van der Waals surface area contributed by atoms with Gasteiger partial charge in [-0.25, -0.2) is 4.89 Å².